The van der Waals surface area contributed by atoms with Gasteiger partial charge in [-0.1, -0.05) is 0 Å². The average Bonchev–Trinajstić information content (AvgIpc) is 2.05. The molecule has 2 aliphatic rings. The zero-order valence-electron chi connectivity index (χ0n) is 8.06. The smallest absolute Gasteiger partial charge is 0.303 e. The van der Waals surface area contributed by atoms with Crippen LogP contribution in [-0.4, -0.2) is 33.8 Å². The van der Waals surface area contributed by atoms with Gasteiger partial charge in [0.05, 0.1) is 6.10 Å². The lowest BCUT2D eigenvalue weighted by Crippen LogP contribution is -2.41. The van der Waals surface area contributed by atoms with Crippen molar-refractivity contribution in [3.05, 3.63) is 0 Å². The minimum absolute atomic E-state index is 0.184. The third-order valence-corrected chi connectivity index (χ3v) is 4.76. The van der Waals surface area contributed by atoms with Gasteiger partial charge in [0.2, 0.25) is 0 Å². The molecule has 2 bridgehead atoms. The van der Waals surface area contributed by atoms with Crippen molar-refractivity contribution in [1.82, 2.24) is 0 Å². The minimum Gasteiger partial charge on any atom is -0.481 e. The molecule has 2 atom stereocenters. The summed E-state index contributed by atoms with van der Waals surface area (Å²) < 4.78 is 0. The molecule has 0 radical (unpaired) electrons. The lowest BCUT2D eigenvalue weighted by molar-refractivity contribution is -0.139. The molecule has 14 heavy (non-hydrogen) atoms. The zero-order valence-corrected chi connectivity index (χ0v) is 8.87. The molecule has 0 spiro atoms. The van der Waals surface area contributed by atoms with E-state index in [1.165, 1.54) is 0 Å². The van der Waals surface area contributed by atoms with Crippen LogP contribution in [0.25, 0.3) is 0 Å². The van der Waals surface area contributed by atoms with Gasteiger partial charge in [-0.05, 0) is 42.1 Å². The number of fused-ring (bicyclic) bond motifs is 2. The maximum atomic E-state index is 10.7. The fraction of sp³-hybridized carbons (Fsp3) is 0.900. The number of aliphatic hydroxyl groups excluding tert-OH is 1. The van der Waals surface area contributed by atoms with E-state index in [0.29, 0.717) is 24.2 Å². The largest absolute Gasteiger partial charge is 0.481 e. The summed E-state index contributed by atoms with van der Waals surface area (Å²) in [6, 6.07) is 0. The van der Waals surface area contributed by atoms with Crippen molar-refractivity contribution in [1.29, 1.82) is 0 Å². The number of aliphatic carboxylic acids is 1. The molecule has 1 aliphatic heterocycles. The van der Waals surface area contributed by atoms with Crippen molar-refractivity contribution in [2.45, 2.75) is 25.4 Å². The van der Waals surface area contributed by atoms with E-state index in [9.17, 15) is 9.90 Å². The van der Waals surface area contributed by atoms with Gasteiger partial charge >= 0.3 is 5.97 Å². The molecular formula is C10H16O3S. The molecule has 0 aromatic heterocycles. The zero-order chi connectivity index (χ0) is 10.1. The van der Waals surface area contributed by atoms with Gasteiger partial charge in [0, 0.05) is 6.42 Å². The SMILES string of the molecule is O=C(O)CC1C2CSCC1CC(O)C2. The van der Waals surface area contributed by atoms with Gasteiger partial charge in [-0.2, -0.15) is 11.8 Å². The van der Waals surface area contributed by atoms with E-state index in [-0.39, 0.29) is 6.10 Å². The van der Waals surface area contributed by atoms with Gasteiger partial charge in [-0.15, -0.1) is 0 Å². The van der Waals surface area contributed by atoms with E-state index >= 15 is 0 Å². The predicted molar refractivity (Wildman–Crippen MR) is 55.3 cm³/mol. The standard InChI is InChI=1S/C10H16O3S/c11-8-1-6-4-14-5-7(2-8)9(6)3-10(12)13/h6-9,11H,1-5H2,(H,12,13). The number of thioether (sulfide) groups is 1. The monoisotopic (exact) mass is 216 g/mol. The van der Waals surface area contributed by atoms with Crippen LogP contribution in [-0.2, 0) is 4.79 Å². The van der Waals surface area contributed by atoms with E-state index in [2.05, 4.69) is 0 Å². The molecule has 1 saturated carbocycles. The molecule has 1 saturated heterocycles. The predicted octanol–water partition coefficient (Wildman–Crippen LogP) is 1.21. The normalized spacial score (nSPS) is 42.1. The van der Waals surface area contributed by atoms with Crippen molar-refractivity contribution in [2.24, 2.45) is 17.8 Å². The second kappa shape index (κ2) is 4.11. The van der Waals surface area contributed by atoms with Gasteiger partial charge in [0.25, 0.3) is 0 Å². The molecule has 0 aromatic rings. The van der Waals surface area contributed by atoms with Crippen molar-refractivity contribution in [2.75, 3.05) is 11.5 Å². The number of hydrogen-bond acceptors (Lipinski definition) is 3. The van der Waals surface area contributed by atoms with Crippen molar-refractivity contribution in [3.63, 3.8) is 0 Å². The number of aliphatic hydroxyl groups is 1. The maximum Gasteiger partial charge on any atom is 0.303 e. The first-order valence-electron chi connectivity index (χ1n) is 5.14. The maximum absolute atomic E-state index is 10.7. The van der Waals surface area contributed by atoms with Gasteiger partial charge in [-0.3, -0.25) is 4.79 Å². The van der Waals surface area contributed by atoms with Crippen LogP contribution in [0.5, 0.6) is 0 Å². The van der Waals surface area contributed by atoms with Gasteiger partial charge in [-0.25, -0.2) is 0 Å². The molecule has 3 nitrogen and oxygen atoms in total. The highest BCUT2D eigenvalue weighted by Gasteiger charge is 2.40. The molecule has 4 heteroatoms. The third kappa shape index (κ3) is 2.06. The second-order valence-corrected chi connectivity index (χ2v) is 5.52. The highest BCUT2D eigenvalue weighted by Crippen LogP contribution is 2.44. The Morgan fingerprint density at radius 3 is 2.36 bits per heavy atom. The summed E-state index contributed by atoms with van der Waals surface area (Å²) in [5.41, 5.74) is 0. The average molecular weight is 216 g/mol. The number of carbonyl (C=O) groups is 1. The Morgan fingerprint density at radius 2 is 1.86 bits per heavy atom. The summed E-state index contributed by atoms with van der Waals surface area (Å²) in [6.07, 6.45) is 1.72. The van der Waals surface area contributed by atoms with Gasteiger partial charge in [0.15, 0.2) is 0 Å². The van der Waals surface area contributed by atoms with Crippen molar-refractivity contribution in [3.8, 4) is 0 Å². The summed E-state index contributed by atoms with van der Waals surface area (Å²) in [6.45, 7) is 0. The van der Waals surface area contributed by atoms with Crippen LogP contribution in [0.3, 0.4) is 0 Å². The summed E-state index contributed by atoms with van der Waals surface area (Å²) in [5.74, 6) is 2.56. The number of hydrogen-bond donors (Lipinski definition) is 2. The minimum atomic E-state index is -0.687. The fourth-order valence-electron chi connectivity index (χ4n) is 2.82. The van der Waals surface area contributed by atoms with Crippen LogP contribution in [0.1, 0.15) is 19.3 Å². The Balaban J connectivity index is 2.04. The van der Waals surface area contributed by atoms with Crippen LogP contribution in [0.2, 0.25) is 0 Å². The molecule has 2 fully saturated rings. The van der Waals surface area contributed by atoms with Crippen LogP contribution >= 0.6 is 11.8 Å². The molecule has 1 heterocycles. The van der Waals surface area contributed by atoms with E-state index in [4.69, 9.17) is 5.11 Å². The number of rotatable bonds is 2. The quantitative estimate of drug-likeness (QED) is 0.728. The molecule has 1 aliphatic carbocycles. The summed E-state index contributed by atoms with van der Waals surface area (Å²) in [4.78, 5) is 10.7. The van der Waals surface area contributed by atoms with Crippen molar-refractivity contribution >= 4 is 17.7 Å². The first-order chi connectivity index (χ1) is 6.66. The highest BCUT2D eigenvalue weighted by molar-refractivity contribution is 7.99. The molecule has 2 N–H and O–H groups in total. The second-order valence-electron chi connectivity index (χ2n) is 4.44. The first-order valence-corrected chi connectivity index (χ1v) is 6.30. The summed E-state index contributed by atoms with van der Waals surface area (Å²) in [5, 5.41) is 18.4. The molecule has 2 unspecified atom stereocenters. The highest BCUT2D eigenvalue weighted by atomic mass is 32.2. The van der Waals surface area contributed by atoms with E-state index in [0.717, 1.165) is 24.3 Å². The lowest BCUT2D eigenvalue weighted by Gasteiger charge is -2.43. The van der Waals surface area contributed by atoms with E-state index in [1.54, 1.807) is 0 Å². The third-order valence-electron chi connectivity index (χ3n) is 3.43. The Labute approximate surface area is 87.9 Å². The molecular weight excluding hydrogens is 200 g/mol. The molecule has 2 rings (SSSR count). The number of carboxylic acids is 1. The van der Waals surface area contributed by atoms with Crippen LogP contribution in [0.4, 0.5) is 0 Å². The number of carboxylic acid groups (broad SMARTS) is 1. The van der Waals surface area contributed by atoms with Crippen LogP contribution in [0.15, 0.2) is 0 Å². The van der Waals surface area contributed by atoms with E-state index in [1.807, 2.05) is 11.8 Å². The van der Waals surface area contributed by atoms with Crippen molar-refractivity contribution < 1.29 is 15.0 Å². The molecule has 80 valence electrons. The lowest BCUT2D eigenvalue weighted by atomic mass is 9.70. The fourth-order valence-corrected chi connectivity index (χ4v) is 4.33. The first kappa shape index (κ1) is 10.3. The van der Waals surface area contributed by atoms with Crippen LogP contribution in [0, 0.1) is 17.8 Å². The molecule has 0 aromatic carbocycles. The van der Waals surface area contributed by atoms with Gasteiger partial charge in [0.1, 0.15) is 0 Å². The summed E-state index contributed by atoms with van der Waals surface area (Å²) >= 11 is 1.92. The summed E-state index contributed by atoms with van der Waals surface area (Å²) in [7, 11) is 0. The topological polar surface area (TPSA) is 57.5 Å². The Morgan fingerprint density at radius 1 is 1.29 bits per heavy atom. The van der Waals surface area contributed by atoms with Gasteiger partial charge < -0.3 is 10.2 Å². The van der Waals surface area contributed by atoms with E-state index < -0.39 is 5.97 Å². The Bertz CT molecular complexity index is 217. The van der Waals surface area contributed by atoms with Crippen LogP contribution < -0.4 is 0 Å². The molecule has 0 amide bonds. The Kier molecular flexibility index (Phi) is 3.02. The Hall–Kier alpha value is -0.220.